The standard InChI is InChI=1S/C15H24N2O3/c1-11(2)17(3)10-5-4-9-16-15(20)12-7-6-8-13(18)14(12)19/h6-8,11,18-19H,4-5,9-10H2,1-3H3,(H,16,20). The summed E-state index contributed by atoms with van der Waals surface area (Å²) in [6.45, 7) is 5.84. The van der Waals surface area contributed by atoms with E-state index in [-0.39, 0.29) is 23.0 Å². The average Bonchev–Trinajstić information content (AvgIpc) is 2.40. The summed E-state index contributed by atoms with van der Waals surface area (Å²) in [4.78, 5) is 14.1. The monoisotopic (exact) mass is 280 g/mol. The van der Waals surface area contributed by atoms with Crippen molar-refractivity contribution >= 4 is 5.91 Å². The van der Waals surface area contributed by atoms with Gasteiger partial charge in [0, 0.05) is 12.6 Å². The van der Waals surface area contributed by atoms with Crippen LogP contribution < -0.4 is 5.32 Å². The van der Waals surface area contributed by atoms with E-state index in [2.05, 4.69) is 31.1 Å². The molecule has 1 aromatic rings. The molecule has 0 aliphatic rings. The van der Waals surface area contributed by atoms with Crippen LogP contribution in [0.15, 0.2) is 18.2 Å². The first kappa shape index (κ1) is 16.3. The fourth-order valence-corrected chi connectivity index (χ4v) is 1.76. The van der Waals surface area contributed by atoms with Gasteiger partial charge in [-0.25, -0.2) is 0 Å². The van der Waals surface area contributed by atoms with Crippen molar-refractivity contribution in [3.8, 4) is 11.5 Å². The lowest BCUT2D eigenvalue weighted by Crippen LogP contribution is -2.29. The quantitative estimate of drug-likeness (QED) is 0.527. The van der Waals surface area contributed by atoms with E-state index < -0.39 is 0 Å². The number of hydrogen-bond donors (Lipinski definition) is 3. The molecule has 0 fully saturated rings. The Kier molecular flexibility index (Phi) is 6.31. The molecule has 0 unspecified atom stereocenters. The molecule has 1 amide bonds. The van der Waals surface area contributed by atoms with E-state index in [0.717, 1.165) is 19.4 Å². The summed E-state index contributed by atoms with van der Waals surface area (Å²) < 4.78 is 0. The zero-order chi connectivity index (χ0) is 15.1. The predicted molar refractivity (Wildman–Crippen MR) is 79.1 cm³/mol. The minimum atomic E-state index is -0.371. The maximum absolute atomic E-state index is 11.8. The van der Waals surface area contributed by atoms with Crippen molar-refractivity contribution in [1.82, 2.24) is 10.2 Å². The number of carbonyl (C=O) groups is 1. The van der Waals surface area contributed by atoms with Gasteiger partial charge in [-0.1, -0.05) is 6.07 Å². The summed E-state index contributed by atoms with van der Waals surface area (Å²) in [5.74, 6) is -1.02. The molecule has 0 saturated carbocycles. The lowest BCUT2D eigenvalue weighted by atomic mass is 10.1. The third-order valence-electron chi connectivity index (χ3n) is 3.36. The number of unbranched alkanes of at least 4 members (excludes halogenated alkanes) is 1. The van der Waals surface area contributed by atoms with Crippen molar-refractivity contribution in [2.75, 3.05) is 20.1 Å². The fraction of sp³-hybridized carbons (Fsp3) is 0.533. The van der Waals surface area contributed by atoms with E-state index in [9.17, 15) is 15.0 Å². The molecular formula is C15H24N2O3. The number of phenolic OH excluding ortho intramolecular Hbond substituents is 2. The maximum Gasteiger partial charge on any atom is 0.255 e. The molecule has 1 aromatic carbocycles. The summed E-state index contributed by atoms with van der Waals surface area (Å²) in [6.07, 6.45) is 1.88. The number of carbonyl (C=O) groups excluding carboxylic acids is 1. The van der Waals surface area contributed by atoms with E-state index in [1.165, 1.54) is 18.2 Å². The van der Waals surface area contributed by atoms with Crippen molar-refractivity contribution < 1.29 is 15.0 Å². The van der Waals surface area contributed by atoms with E-state index in [0.29, 0.717) is 12.6 Å². The van der Waals surface area contributed by atoms with E-state index in [1.54, 1.807) is 0 Å². The van der Waals surface area contributed by atoms with Gasteiger partial charge in [0.15, 0.2) is 11.5 Å². The van der Waals surface area contributed by atoms with Crippen LogP contribution in [-0.2, 0) is 0 Å². The van der Waals surface area contributed by atoms with Crippen molar-refractivity contribution in [3.63, 3.8) is 0 Å². The van der Waals surface area contributed by atoms with Crippen molar-refractivity contribution in [1.29, 1.82) is 0 Å². The first-order chi connectivity index (χ1) is 9.43. The molecule has 0 aliphatic carbocycles. The van der Waals surface area contributed by atoms with Crippen LogP contribution in [0.5, 0.6) is 11.5 Å². The van der Waals surface area contributed by atoms with Gasteiger partial charge < -0.3 is 20.4 Å². The van der Waals surface area contributed by atoms with Crippen molar-refractivity contribution in [3.05, 3.63) is 23.8 Å². The van der Waals surface area contributed by atoms with Crippen LogP contribution >= 0.6 is 0 Å². The van der Waals surface area contributed by atoms with Gasteiger partial charge in [-0.15, -0.1) is 0 Å². The van der Waals surface area contributed by atoms with E-state index in [4.69, 9.17) is 0 Å². The van der Waals surface area contributed by atoms with Crippen LogP contribution in [0.2, 0.25) is 0 Å². The molecule has 0 bridgehead atoms. The number of para-hydroxylation sites is 1. The third kappa shape index (κ3) is 4.74. The molecule has 0 atom stereocenters. The van der Waals surface area contributed by atoms with Crippen molar-refractivity contribution in [2.45, 2.75) is 32.7 Å². The Morgan fingerprint density at radius 3 is 2.65 bits per heavy atom. The lowest BCUT2D eigenvalue weighted by Gasteiger charge is -2.20. The van der Waals surface area contributed by atoms with Crippen LogP contribution in [0.25, 0.3) is 0 Å². The average molecular weight is 280 g/mol. The summed E-state index contributed by atoms with van der Waals surface area (Å²) >= 11 is 0. The molecule has 1 rings (SSSR count). The lowest BCUT2D eigenvalue weighted by molar-refractivity contribution is 0.0949. The zero-order valence-corrected chi connectivity index (χ0v) is 12.4. The minimum Gasteiger partial charge on any atom is -0.504 e. The van der Waals surface area contributed by atoms with Crippen molar-refractivity contribution in [2.24, 2.45) is 0 Å². The van der Waals surface area contributed by atoms with Gasteiger partial charge in [0.25, 0.3) is 5.91 Å². The number of rotatable bonds is 7. The number of nitrogens with zero attached hydrogens (tertiary/aromatic N) is 1. The zero-order valence-electron chi connectivity index (χ0n) is 12.4. The Hall–Kier alpha value is -1.75. The van der Waals surface area contributed by atoms with Crippen LogP contribution in [0.3, 0.4) is 0 Å². The van der Waals surface area contributed by atoms with Crippen LogP contribution in [0.4, 0.5) is 0 Å². The molecule has 3 N–H and O–H groups in total. The second-order valence-corrected chi connectivity index (χ2v) is 5.21. The smallest absolute Gasteiger partial charge is 0.255 e. The Morgan fingerprint density at radius 2 is 2.00 bits per heavy atom. The van der Waals surface area contributed by atoms with Gasteiger partial charge in [0.2, 0.25) is 0 Å². The molecule has 0 aromatic heterocycles. The number of amides is 1. The van der Waals surface area contributed by atoms with Gasteiger partial charge in [-0.05, 0) is 52.4 Å². The highest BCUT2D eigenvalue weighted by Gasteiger charge is 2.13. The fourth-order valence-electron chi connectivity index (χ4n) is 1.76. The molecule has 5 nitrogen and oxygen atoms in total. The van der Waals surface area contributed by atoms with Gasteiger partial charge >= 0.3 is 0 Å². The molecule has 0 heterocycles. The molecule has 0 radical (unpaired) electrons. The van der Waals surface area contributed by atoms with E-state index in [1.807, 2.05) is 0 Å². The highest BCUT2D eigenvalue weighted by atomic mass is 16.3. The second kappa shape index (κ2) is 7.75. The van der Waals surface area contributed by atoms with Gasteiger partial charge in [-0.3, -0.25) is 4.79 Å². The van der Waals surface area contributed by atoms with Crippen LogP contribution in [-0.4, -0.2) is 47.2 Å². The number of benzene rings is 1. The summed E-state index contributed by atoms with van der Waals surface area (Å²) in [5, 5.41) is 21.7. The summed E-state index contributed by atoms with van der Waals surface area (Å²) in [5.41, 5.74) is 0.101. The Bertz CT molecular complexity index is 447. The highest BCUT2D eigenvalue weighted by Crippen LogP contribution is 2.27. The second-order valence-electron chi connectivity index (χ2n) is 5.21. The number of nitrogens with one attached hydrogen (secondary N) is 1. The Labute approximate surface area is 120 Å². The highest BCUT2D eigenvalue weighted by molar-refractivity contribution is 5.97. The van der Waals surface area contributed by atoms with Gasteiger partial charge in [0.1, 0.15) is 0 Å². The van der Waals surface area contributed by atoms with Gasteiger partial charge in [-0.2, -0.15) is 0 Å². The van der Waals surface area contributed by atoms with Crippen LogP contribution in [0, 0.1) is 0 Å². The first-order valence-electron chi connectivity index (χ1n) is 6.93. The normalized spacial score (nSPS) is 11.1. The summed E-state index contributed by atoms with van der Waals surface area (Å²) in [6, 6.07) is 4.88. The van der Waals surface area contributed by atoms with Crippen LogP contribution in [0.1, 0.15) is 37.0 Å². The third-order valence-corrected chi connectivity index (χ3v) is 3.36. The summed E-state index contributed by atoms with van der Waals surface area (Å²) in [7, 11) is 2.08. The van der Waals surface area contributed by atoms with E-state index >= 15 is 0 Å². The molecule has 5 heteroatoms. The SMILES string of the molecule is CC(C)N(C)CCCCNC(=O)c1cccc(O)c1O. The number of aromatic hydroxyl groups is 2. The topological polar surface area (TPSA) is 72.8 Å². The molecular weight excluding hydrogens is 256 g/mol. The Morgan fingerprint density at radius 1 is 1.30 bits per heavy atom. The largest absolute Gasteiger partial charge is 0.504 e. The maximum atomic E-state index is 11.8. The first-order valence-corrected chi connectivity index (χ1v) is 6.93. The number of phenols is 2. The molecule has 112 valence electrons. The number of hydrogen-bond acceptors (Lipinski definition) is 4. The predicted octanol–water partition coefficient (Wildman–Crippen LogP) is 1.95. The molecule has 0 spiro atoms. The minimum absolute atomic E-state index is 0.101. The van der Waals surface area contributed by atoms with Gasteiger partial charge in [0.05, 0.1) is 5.56 Å². The molecule has 0 aliphatic heterocycles. The molecule has 20 heavy (non-hydrogen) atoms. The molecule has 0 saturated heterocycles. The Balaban J connectivity index is 2.32.